The monoisotopic (exact) mass is 472 g/mol. The van der Waals surface area contributed by atoms with Crippen LogP contribution in [0.25, 0.3) is 0 Å². The molecule has 5 fully saturated rings. The Kier molecular flexibility index (Phi) is 5.88. The lowest BCUT2D eigenvalue weighted by Crippen LogP contribution is -2.65. The minimum Gasteiger partial charge on any atom is -0.395 e. The van der Waals surface area contributed by atoms with Crippen molar-refractivity contribution in [3.63, 3.8) is 0 Å². The van der Waals surface area contributed by atoms with Crippen LogP contribution in [0.2, 0.25) is 0 Å². The van der Waals surface area contributed by atoms with Gasteiger partial charge in [0.15, 0.2) is 0 Å². The summed E-state index contributed by atoms with van der Waals surface area (Å²) in [5, 5.41) is 15.0. The summed E-state index contributed by atoms with van der Waals surface area (Å²) in [6, 6.07) is 3.90. The molecule has 34 heavy (non-hydrogen) atoms. The SMILES string of the molecule is C[C@]12CC3CC(NC(=O)Nc4ccc(C(=O)N5CCN(CCO)CC5)cc4F)(C1)C[C@@](C)(C3)C2. The average Bonchev–Trinajstić information content (AvgIpc) is 2.72. The van der Waals surface area contributed by atoms with E-state index in [0.29, 0.717) is 38.6 Å². The standard InChI is InChI=1S/C26H37FN4O3/c1-24-12-18-13-25(2,15-24)17-26(14-18,16-24)29-23(34)28-21-4-3-19(11-20(21)27)22(33)31-7-5-30(6-8-31)9-10-32/h3-4,11,18,32H,5-10,12-17H2,1-2H3,(H2,28,29,34)/t18?,24-,25+,26?. The summed E-state index contributed by atoms with van der Waals surface area (Å²) in [5.41, 5.74) is 0.707. The first-order chi connectivity index (χ1) is 16.1. The minimum atomic E-state index is -0.607. The number of nitrogens with one attached hydrogen (secondary N) is 2. The Morgan fingerprint density at radius 3 is 2.32 bits per heavy atom. The fourth-order valence-corrected chi connectivity index (χ4v) is 8.23. The lowest BCUT2D eigenvalue weighted by molar-refractivity contribution is -0.113. The summed E-state index contributed by atoms with van der Waals surface area (Å²) >= 11 is 0. The molecule has 3 N–H and O–H groups in total. The number of aliphatic hydroxyl groups is 1. The minimum absolute atomic E-state index is 0.0870. The van der Waals surface area contributed by atoms with Crippen molar-refractivity contribution in [2.45, 2.75) is 57.9 Å². The molecule has 0 radical (unpaired) electrons. The van der Waals surface area contributed by atoms with Crippen molar-refractivity contribution in [2.24, 2.45) is 16.7 Å². The molecule has 186 valence electrons. The molecule has 4 atom stereocenters. The molecule has 1 heterocycles. The Labute approximate surface area is 201 Å². The first-order valence-corrected chi connectivity index (χ1v) is 12.6. The normalized spacial score (nSPS) is 34.8. The van der Waals surface area contributed by atoms with Crippen molar-refractivity contribution in [1.82, 2.24) is 15.1 Å². The zero-order chi connectivity index (χ0) is 24.1. The topological polar surface area (TPSA) is 84.9 Å². The van der Waals surface area contributed by atoms with E-state index in [1.807, 2.05) is 0 Å². The third-order valence-corrected chi connectivity index (χ3v) is 8.54. The molecule has 1 aliphatic heterocycles. The van der Waals surface area contributed by atoms with Crippen LogP contribution < -0.4 is 10.6 Å². The molecule has 4 saturated carbocycles. The quantitative estimate of drug-likeness (QED) is 0.613. The van der Waals surface area contributed by atoms with Gasteiger partial charge in [-0.15, -0.1) is 0 Å². The molecule has 5 aliphatic rings. The van der Waals surface area contributed by atoms with Crippen LogP contribution in [0.5, 0.6) is 0 Å². The average molecular weight is 473 g/mol. The molecule has 8 heteroatoms. The van der Waals surface area contributed by atoms with Crippen molar-refractivity contribution in [3.8, 4) is 0 Å². The highest BCUT2D eigenvalue weighted by Gasteiger charge is 2.60. The summed E-state index contributed by atoms with van der Waals surface area (Å²) in [6.07, 6.45) is 6.69. The zero-order valence-electron chi connectivity index (χ0n) is 20.3. The molecule has 0 spiro atoms. The number of piperazine rings is 1. The van der Waals surface area contributed by atoms with Gasteiger partial charge in [0.1, 0.15) is 5.82 Å². The molecular weight excluding hydrogens is 435 g/mol. The van der Waals surface area contributed by atoms with Crippen LogP contribution in [0, 0.1) is 22.6 Å². The summed E-state index contributed by atoms with van der Waals surface area (Å²) in [5.74, 6) is -0.169. The molecule has 1 aromatic rings. The van der Waals surface area contributed by atoms with Crippen molar-refractivity contribution < 1.29 is 19.1 Å². The van der Waals surface area contributed by atoms with E-state index in [2.05, 4.69) is 29.4 Å². The second kappa shape index (κ2) is 8.48. The number of carbonyl (C=O) groups is 2. The van der Waals surface area contributed by atoms with Crippen molar-refractivity contribution >= 4 is 17.6 Å². The van der Waals surface area contributed by atoms with E-state index in [4.69, 9.17) is 5.11 Å². The van der Waals surface area contributed by atoms with Gasteiger partial charge in [-0.25, -0.2) is 9.18 Å². The number of aliphatic hydroxyl groups excluding tert-OH is 1. The van der Waals surface area contributed by atoms with E-state index < -0.39 is 5.82 Å². The van der Waals surface area contributed by atoms with Crippen LogP contribution in [-0.4, -0.2) is 71.7 Å². The smallest absolute Gasteiger partial charge is 0.319 e. The van der Waals surface area contributed by atoms with E-state index in [1.54, 1.807) is 11.0 Å². The van der Waals surface area contributed by atoms with Crippen LogP contribution in [-0.2, 0) is 0 Å². The third kappa shape index (κ3) is 4.54. The maximum atomic E-state index is 14.9. The number of β-amino-alcohol motifs (C(OH)–C–C–N with tert-alkyl or cyclic N) is 1. The van der Waals surface area contributed by atoms with Gasteiger partial charge in [-0.1, -0.05) is 13.8 Å². The van der Waals surface area contributed by atoms with Gasteiger partial charge in [0.25, 0.3) is 5.91 Å². The van der Waals surface area contributed by atoms with Crippen molar-refractivity contribution in [1.29, 1.82) is 0 Å². The van der Waals surface area contributed by atoms with E-state index >= 15 is 0 Å². The van der Waals surface area contributed by atoms with E-state index in [0.717, 1.165) is 19.3 Å². The van der Waals surface area contributed by atoms with Crippen LogP contribution >= 0.6 is 0 Å². The molecule has 4 bridgehead atoms. The molecule has 4 aliphatic carbocycles. The van der Waals surface area contributed by atoms with E-state index in [-0.39, 0.29) is 46.2 Å². The third-order valence-electron chi connectivity index (χ3n) is 8.54. The Hall–Kier alpha value is -2.19. The molecule has 6 rings (SSSR count). The highest BCUT2D eigenvalue weighted by atomic mass is 19.1. The maximum absolute atomic E-state index is 14.9. The van der Waals surface area contributed by atoms with Crippen LogP contribution in [0.3, 0.4) is 0 Å². The van der Waals surface area contributed by atoms with Gasteiger partial charge in [0, 0.05) is 43.8 Å². The Morgan fingerprint density at radius 1 is 1.06 bits per heavy atom. The number of hydrogen-bond acceptors (Lipinski definition) is 4. The lowest BCUT2D eigenvalue weighted by Gasteiger charge is -2.65. The zero-order valence-corrected chi connectivity index (χ0v) is 20.3. The number of urea groups is 1. The summed E-state index contributed by atoms with van der Waals surface area (Å²) < 4.78 is 14.9. The lowest BCUT2D eigenvalue weighted by atomic mass is 9.43. The first-order valence-electron chi connectivity index (χ1n) is 12.6. The molecule has 3 amide bonds. The van der Waals surface area contributed by atoms with Crippen LogP contribution in [0.4, 0.5) is 14.9 Å². The Balaban J connectivity index is 1.21. The van der Waals surface area contributed by atoms with Gasteiger partial charge < -0.3 is 20.6 Å². The number of hydrogen-bond donors (Lipinski definition) is 3. The number of amides is 3. The van der Waals surface area contributed by atoms with Gasteiger partial charge in [-0.05, 0) is 73.5 Å². The maximum Gasteiger partial charge on any atom is 0.319 e. The number of benzene rings is 1. The Morgan fingerprint density at radius 2 is 1.74 bits per heavy atom. The second-order valence-electron chi connectivity index (χ2n) is 12.0. The summed E-state index contributed by atoms with van der Waals surface area (Å²) in [6.45, 7) is 7.87. The first kappa shape index (κ1) is 23.5. The number of halogens is 1. The summed E-state index contributed by atoms with van der Waals surface area (Å²) in [7, 11) is 0. The molecule has 1 aromatic carbocycles. The molecular formula is C26H37FN4O3. The van der Waals surface area contributed by atoms with E-state index in [9.17, 15) is 14.0 Å². The predicted octanol–water partition coefficient (Wildman–Crippen LogP) is 3.45. The molecule has 7 nitrogen and oxygen atoms in total. The number of rotatable bonds is 5. The number of anilines is 1. The van der Waals surface area contributed by atoms with Gasteiger partial charge in [-0.3, -0.25) is 9.69 Å². The van der Waals surface area contributed by atoms with Crippen LogP contribution in [0.1, 0.15) is 62.7 Å². The molecule has 2 unspecified atom stereocenters. The van der Waals surface area contributed by atoms with E-state index in [1.165, 1.54) is 31.4 Å². The Bertz CT molecular complexity index is 959. The fraction of sp³-hybridized carbons (Fsp3) is 0.692. The predicted molar refractivity (Wildman–Crippen MR) is 128 cm³/mol. The van der Waals surface area contributed by atoms with Crippen LogP contribution in [0.15, 0.2) is 18.2 Å². The van der Waals surface area contributed by atoms with Gasteiger partial charge >= 0.3 is 6.03 Å². The van der Waals surface area contributed by atoms with Gasteiger partial charge in [0.05, 0.1) is 12.3 Å². The highest BCUT2D eigenvalue weighted by Crippen LogP contribution is 2.66. The van der Waals surface area contributed by atoms with Crippen molar-refractivity contribution in [3.05, 3.63) is 29.6 Å². The number of carbonyl (C=O) groups excluding carboxylic acids is 2. The van der Waals surface area contributed by atoms with Gasteiger partial charge in [-0.2, -0.15) is 0 Å². The summed E-state index contributed by atoms with van der Waals surface area (Å²) in [4.78, 5) is 29.5. The molecule has 1 saturated heterocycles. The van der Waals surface area contributed by atoms with Gasteiger partial charge in [0.2, 0.25) is 0 Å². The highest BCUT2D eigenvalue weighted by molar-refractivity contribution is 5.96. The molecule has 0 aromatic heterocycles. The number of nitrogens with zero attached hydrogens (tertiary/aromatic N) is 2. The fourth-order valence-electron chi connectivity index (χ4n) is 8.23. The largest absolute Gasteiger partial charge is 0.395 e. The van der Waals surface area contributed by atoms with Crippen molar-refractivity contribution in [2.75, 3.05) is 44.6 Å². The second-order valence-corrected chi connectivity index (χ2v) is 12.0.